The zero-order chi connectivity index (χ0) is 9.26. The van der Waals surface area contributed by atoms with Crippen LogP contribution in [0.4, 0.5) is 0 Å². The van der Waals surface area contributed by atoms with Crippen LogP contribution in [0.5, 0.6) is 0 Å². The molecule has 2 aromatic rings. The molecule has 2 aromatic heterocycles. The van der Waals surface area contributed by atoms with E-state index >= 15 is 0 Å². The van der Waals surface area contributed by atoms with E-state index in [1.165, 1.54) is 15.4 Å². The molecule has 0 spiro atoms. The summed E-state index contributed by atoms with van der Waals surface area (Å²) in [6, 6.07) is 3.90. The van der Waals surface area contributed by atoms with E-state index in [9.17, 15) is 4.79 Å². The normalized spacial score (nSPS) is 10.5. The highest BCUT2D eigenvalue weighted by Crippen LogP contribution is 2.30. The maximum absolute atomic E-state index is 11.3. The molecule has 0 amide bonds. The Labute approximate surface area is 83.8 Å². The summed E-state index contributed by atoms with van der Waals surface area (Å²) in [4.78, 5) is 12.0. The number of fused-ring (bicyclic) bond motifs is 1. The molecule has 0 atom stereocenters. The molecule has 0 aromatic carbocycles. The van der Waals surface area contributed by atoms with Gasteiger partial charge in [0.1, 0.15) is 4.88 Å². The molecule has 68 valence electrons. The molecule has 0 fully saturated rings. The largest absolute Gasteiger partial charge is 0.462 e. The number of hydrogen-bond acceptors (Lipinski definition) is 4. The van der Waals surface area contributed by atoms with Crippen molar-refractivity contribution in [3.63, 3.8) is 0 Å². The van der Waals surface area contributed by atoms with Crippen molar-refractivity contribution in [1.29, 1.82) is 0 Å². The molecule has 0 aliphatic rings. The van der Waals surface area contributed by atoms with Crippen LogP contribution in [-0.2, 0) is 4.74 Å². The number of carbonyl (C=O) groups excluding carboxylic acids is 1. The first kappa shape index (κ1) is 8.72. The number of hydrogen-bond donors (Lipinski definition) is 0. The first-order chi connectivity index (χ1) is 6.31. The fraction of sp³-hybridized carbons (Fsp3) is 0.222. The lowest BCUT2D eigenvalue weighted by atomic mass is 10.4. The molecule has 0 aliphatic carbocycles. The fourth-order valence-corrected chi connectivity index (χ4v) is 3.07. The summed E-state index contributed by atoms with van der Waals surface area (Å²) in [7, 11) is 0. The fourth-order valence-electron chi connectivity index (χ4n) is 1.07. The highest BCUT2D eigenvalue weighted by atomic mass is 32.2. The molecule has 0 unspecified atom stereocenters. The lowest BCUT2D eigenvalue weighted by Gasteiger charge is -1.95. The Morgan fingerprint density at radius 3 is 3.15 bits per heavy atom. The zero-order valence-corrected chi connectivity index (χ0v) is 8.71. The predicted octanol–water partition coefficient (Wildman–Crippen LogP) is 3.14. The van der Waals surface area contributed by atoms with Gasteiger partial charge in [0.15, 0.2) is 0 Å². The van der Waals surface area contributed by atoms with Gasteiger partial charge in [-0.2, -0.15) is 0 Å². The third kappa shape index (κ3) is 1.59. The Kier molecular flexibility index (Phi) is 2.33. The van der Waals surface area contributed by atoms with Gasteiger partial charge in [0.2, 0.25) is 0 Å². The first-order valence-corrected chi connectivity index (χ1v) is 5.65. The van der Waals surface area contributed by atoms with Crippen molar-refractivity contribution in [3.05, 3.63) is 22.4 Å². The van der Waals surface area contributed by atoms with Crippen LogP contribution in [0.25, 0.3) is 9.40 Å². The second-order valence-electron chi connectivity index (χ2n) is 2.49. The number of carbonyl (C=O) groups is 1. The molecule has 2 nitrogen and oxygen atoms in total. The average Bonchev–Trinajstić information content (AvgIpc) is 2.61. The SMILES string of the molecule is CCOC(=O)c1cc2ccsc2s1. The van der Waals surface area contributed by atoms with Gasteiger partial charge in [-0.3, -0.25) is 0 Å². The molecule has 2 rings (SSSR count). The summed E-state index contributed by atoms with van der Waals surface area (Å²) in [5.41, 5.74) is 0. The molecule has 13 heavy (non-hydrogen) atoms. The van der Waals surface area contributed by atoms with Crippen LogP contribution >= 0.6 is 22.7 Å². The molecular formula is C9H8O2S2. The van der Waals surface area contributed by atoms with Crippen LogP contribution < -0.4 is 0 Å². The highest BCUT2D eigenvalue weighted by Gasteiger charge is 2.10. The maximum Gasteiger partial charge on any atom is 0.348 e. The van der Waals surface area contributed by atoms with Crippen LogP contribution in [0, 0.1) is 0 Å². The van der Waals surface area contributed by atoms with Crippen molar-refractivity contribution < 1.29 is 9.53 Å². The van der Waals surface area contributed by atoms with E-state index < -0.39 is 0 Å². The minimum atomic E-state index is -0.212. The summed E-state index contributed by atoms with van der Waals surface area (Å²) in [5, 5.41) is 3.16. The van der Waals surface area contributed by atoms with Crippen LogP contribution in [0.15, 0.2) is 17.5 Å². The summed E-state index contributed by atoms with van der Waals surface area (Å²) < 4.78 is 6.09. The first-order valence-electron chi connectivity index (χ1n) is 3.95. The molecular weight excluding hydrogens is 204 g/mol. The lowest BCUT2D eigenvalue weighted by molar-refractivity contribution is 0.0532. The topological polar surface area (TPSA) is 26.3 Å². The Bertz CT molecular complexity index is 399. The van der Waals surface area contributed by atoms with Gasteiger partial charge in [-0.1, -0.05) is 0 Å². The van der Waals surface area contributed by atoms with Crippen molar-refractivity contribution in [3.8, 4) is 0 Å². The number of ether oxygens (including phenoxy) is 1. The van der Waals surface area contributed by atoms with Crippen molar-refractivity contribution in [2.45, 2.75) is 6.92 Å². The second-order valence-corrected chi connectivity index (χ2v) is 4.72. The van der Waals surface area contributed by atoms with Crippen molar-refractivity contribution in [2.24, 2.45) is 0 Å². The zero-order valence-electron chi connectivity index (χ0n) is 7.07. The van der Waals surface area contributed by atoms with E-state index in [2.05, 4.69) is 0 Å². The van der Waals surface area contributed by atoms with Crippen LogP contribution in [0.2, 0.25) is 0 Å². The lowest BCUT2D eigenvalue weighted by Crippen LogP contribution is -2.01. The highest BCUT2D eigenvalue weighted by molar-refractivity contribution is 7.38. The van der Waals surface area contributed by atoms with Gasteiger partial charge in [0.25, 0.3) is 0 Å². The number of thiophene rings is 2. The quantitative estimate of drug-likeness (QED) is 0.715. The summed E-state index contributed by atoms with van der Waals surface area (Å²) in [6.07, 6.45) is 0. The molecule has 0 saturated carbocycles. The van der Waals surface area contributed by atoms with Gasteiger partial charge >= 0.3 is 5.97 Å². The Hall–Kier alpha value is -0.870. The standard InChI is InChI=1S/C9H8O2S2/c1-2-11-8(10)7-5-6-3-4-12-9(6)13-7/h3-5H,2H2,1H3. The molecule has 0 radical (unpaired) electrons. The van der Waals surface area contributed by atoms with Crippen LogP contribution in [0.1, 0.15) is 16.6 Å². The van der Waals surface area contributed by atoms with E-state index in [1.54, 1.807) is 11.3 Å². The van der Waals surface area contributed by atoms with E-state index in [0.717, 1.165) is 5.39 Å². The Morgan fingerprint density at radius 1 is 1.62 bits per heavy atom. The second kappa shape index (κ2) is 3.47. The number of esters is 1. The monoisotopic (exact) mass is 212 g/mol. The molecule has 4 heteroatoms. The summed E-state index contributed by atoms with van der Waals surface area (Å²) >= 11 is 3.15. The van der Waals surface area contributed by atoms with Gasteiger partial charge in [0, 0.05) is 5.39 Å². The van der Waals surface area contributed by atoms with E-state index in [-0.39, 0.29) is 5.97 Å². The summed E-state index contributed by atoms with van der Waals surface area (Å²) in [5.74, 6) is -0.212. The minimum absolute atomic E-state index is 0.212. The van der Waals surface area contributed by atoms with Gasteiger partial charge in [-0.05, 0) is 24.4 Å². The van der Waals surface area contributed by atoms with E-state index in [4.69, 9.17) is 4.74 Å². The predicted molar refractivity (Wildman–Crippen MR) is 55.7 cm³/mol. The number of rotatable bonds is 2. The third-order valence-electron chi connectivity index (χ3n) is 1.62. The smallest absolute Gasteiger partial charge is 0.348 e. The molecule has 0 N–H and O–H groups in total. The van der Waals surface area contributed by atoms with Crippen molar-refractivity contribution in [1.82, 2.24) is 0 Å². The van der Waals surface area contributed by atoms with Gasteiger partial charge in [-0.25, -0.2) is 4.79 Å². The van der Waals surface area contributed by atoms with Crippen LogP contribution in [-0.4, -0.2) is 12.6 Å². The third-order valence-corrected chi connectivity index (χ3v) is 3.81. The van der Waals surface area contributed by atoms with Crippen molar-refractivity contribution >= 4 is 38.0 Å². The molecule has 0 bridgehead atoms. The maximum atomic E-state index is 11.3. The van der Waals surface area contributed by atoms with E-state index in [0.29, 0.717) is 11.5 Å². The molecule has 0 aliphatic heterocycles. The minimum Gasteiger partial charge on any atom is -0.462 e. The van der Waals surface area contributed by atoms with E-state index in [1.807, 2.05) is 24.4 Å². The molecule has 0 saturated heterocycles. The Balaban J connectivity index is 2.34. The molecule has 2 heterocycles. The van der Waals surface area contributed by atoms with Gasteiger partial charge in [-0.15, -0.1) is 22.7 Å². The Morgan fingerprint density at radius 2 is 2.46 bits per heavy atom. The summed E-state index contributed by atoms with van der Waals surface area (Å²) in [6.45, 7) is 2.25. The van der Waals surface area contributed by atoms with Crippen LogP contribution in [0.3, 0.4) is 0 Å². The average molecular weight is 212 g/mol. The van der Waals surface area contributed by atoms with Gasteiger partial charge in [0.05, 0.1) is 10.6 Å². The van der Waals surface area contributed by atoms with Gasteiger partial charge < -0.3 is 4.74 Å². The van der Waals surface area contributed by atoms with Crippen molar-refractivity contribution in [2.75, 3.05) is 6.61 Å².